The van der Waals surface area contributed by atoms with Gasteiger partial charge in [0, 0.05) is 30.5 Å². The van der Waals surface area contributed by atoms with Crippen LogP contribution in [0.3, 0.4) is 0 Å². The van der Waals surface area contributed by atoms with Gasteiger partial charge in [-0.15, -0.1) is 0 Å². The Bertz CT molecular complexity index is 794. The third-order valence-corrected chi connectivity index (χ3v) is 5.15. The molecule has 0 spiro atoms. The number of carboxylic acid groups (broad SMARTS) is 1. The first kappa shape index (κ1) is 17.5. The third-order valence-electron chi connectivity index (χ3n) is 3.66. The van der Waals surface area contributed by atoms with Crippen molar-refractivity contribution in [3.63, 3.8) is 0 Å². The molecule has 0 saturated carbocycles. The summed E-state index contributed by atoms with van der Waals surface area (Å²) in [6, 6.07) is 7.76. The van der Waals surface area contributed by atoms with Crippen molar-refractivity contribution in [2.24, 2.45) is 0 Å². The van der Waals surface area contributed by atoms with E-state index in [0.29, 0.717) is 6.54 Å². The molecule has 1 heterocycles. The summed E-state index contributed by atoms with van der Waals surface area (Å²) in [6.07, 6.45) is 0.759. The van der Waals surface area contributed by atoms with E-state index in [1.807, 2.05) is 43.1 Å². The van der Waals surface area contributed by atoms with Gasteiger partial charge in [0.1, 0.15) is 17.1 Å². The van der Waals surface area contributed by atoms with Gasteiger partial charge in [-0.05, 0) is 13.1 Å². The van der Waals surface area contributed by atoms with Crippen molar-refractivity contribution in [2.75, 3.05) is 25.1 Å². The van der Waals surface area contributed by atoms with Crippen molar-refractivity contribution in [2.45, 2.75) is 19.9 Å². The molecule has 0 unspecified atom stereocenters. The van der Waals surface area contributed by atoms with Gasteiger partial charge in [0.2, 0.25) is 0 Å². The van der Waals surface area contributed by atoms with Crippen LogP contribution in [0.2, 0.25) is 0 Å². The summed E-state index contributed by atoms with van der Waals surface area (Å²) < 4.78 is 29.1. The smallest absolute Gasteiger partial charge is 0.318 e. The molecule has 2 rings (SSSR count). The summed E-state index contributed by atoms with van der Waals surface area (Å²) in [7, 11) is -1.76. The van der Waals surface area contributed by atoms with Crippen LogP contribution in [0.1, 0.15) is 18.2 Å². The van der Waals surface area contributed by atoms with E-state index >= 15 is 0 Å². The van der Waals surface area contributed by atoms with Crippen LogP contribution < -0.4 is 0 Å². The topological polar surface area (TPSA) is 87.8 Å². The standard InChI is InChI=1S/C16H21NO5S/c1-3-14-13(12-6-4-5-7-15(12)22-14)10-17(2)8-9-23(20,21)11-16(18)19/h4-7H,3,8-11H2,1-2H3,(H,18,19). The number of rotatable bonds is 8. The lowest BCUT2D eigenvalue weighted by atomic mass is 10.1. The van der Waals surface area contributed by atoms with E-state index in [-0.39, 0.29) is 12.3 Å². The van der Waals surface area contributed by atoms with Gasteiger partial charge in [-0.25, -0.2) is 8.42 Å². The second-order valence-corrected chi connectivity index (χ2v) is 7.76. The number of para-hydroxylation sites is 1. The minimum Gasteiger partial charge on any atom is -0.480 e. The highest BCUT2D eigenvalue weighted by Crippen LogP contribution is 2.27. The first-order valence-corrected chi connectivity index (χ1v) is 9.24. The molecule has 0 radical (unpaired) electrons. The number of hydrogen-bond acceptors (Lipinski definition) is 5. The fraction of sp³-hybridized carbons (Fsp3) is 0.438. The van der Waals surface area contributed by atoms with Crippen LogP contribution in [0.25, 0.3) is 11.0 Å². The lowest BCUT2D eigenvalue weighted by Gasteiger charge is -2.16. The van der Waals surface area contributed by atoms with Gasteiger partial charge in [0.05, 0.1) is 5.75 Å². The molecular weight excluding hydrogens is 318 g/mol. The summed E-state index contributed by atoms with van der Waals surface area (Å²) >= 11 is 0. The van der Waals surface area contributed by atoms with Gasteiger partial charge in [0.15, 0.2) is 9.84 Å². The molecule has 126 valence electrons. The third kappa shape index (κ3) is 4.56. The molecule has 1 N–H and O–H groups in total. The largest absolute Gasteiger partial charge is 0.480 e. The Balaban J connectivity index is 2.09. The van der Waals surface area contributed by atoms with Crippen LogP contribution in [0.15, 0.2) is 28.7 Å². The highest BCUT2D eigenvalue weighted by Gasteiger charge is 2.18. The molecule has 23 heavy (non-hydrogen) atoms. The Morgan fingerprint density at radius 2 is 2.00 bits per heavy atom. The predicted octanol–water partition coefficient (Wildman–Crippen LogP) is 1.93. The zero-order valence-corrected chi connectivity index (χ0v) is 14.1. The summed E-state index contributed by atoms with van der Waals surface area (Å²) in [5, 5.41) is 9.64. The van der Waals surface area contributed by atoms with Crippen LogP contribution in [0.4, 0.5) is 0 Å². The number of fused-ring (bicyclic) bond motifs is 1. The number of aryl methyl sites for hydroxylation is 1. The molecule has 0 saturated heterocycles. The van der Waals surface area contributed by atoms with Gasteiger partial charge < -0.3 is 14.4 Å². The molecule has 0 aliphatic rings. The second kappa shape index (κ2) is 7.14. The molecule has 7 heteroatoms. The number of nitrogens with zero attached hydrogens (tertiary/aromatic N) is 1. The maximum Gasteiger partial charge on any atom is 0.318 e. The monoisotopic (exact) mass is 339 g/mol. The summed E-state index contributed by atoms with van der Waals surface area (Å²) in [5.41, 5.74) is 1.88. The van der Waals surface area contributed by atoms with Gasteiger partial charge in [0.25, 0.3) is 0 Å². The number of carbonyl (C=O) groups is 1. The van der Waals surface area contributed by atoms with Crippen molar-refractivity contribution >= 4 is 26.8 Å². The second-order valence-electron chi connectivity index (χ2n) is 5.58. The SMILES string of the molecule is CCc1oc2ccccc2c1CN(C)CCS(=O)(=O)CC(=O)O. The van der Waals surface area contributed by atoms with E-state index in [1.54, 1.807) is 0 Å². The van der Waals surface area contributed by atoms with Crippen LogP contribution in [0.5, 0.6) is 0 Å². The number of furan rings is 1. The fourth-order valence-electron chi connectivity index (χ4n) is 2.51. The Morgan fingerprint density at radius 1 is 1.30 bits per heavy atom. The van der Waals surface area contributed by atoms with E-state index in [0.717, 1.165) is 28.7 Å². The van der Waals surface area contributed by atoms with Crippen molar-refractivity contribution in [1.29, 1.82) is 0 Å². The Morgan fingerprint density at radius 3 is 2.65 bits per heavy atom. The molecular formula is C16H21NO5S. The van der Waals surface area contributed by atoms with E-state index in [9.17, 15) is 13.2 Å². The number of sulfone groups is 1. The average molecular weight is 339 g/mol. The zero-order chi connectivity index (χ0) is 17.0. The van der Waals surface area contributed by atoms with E-state index < -0.39 is 21.6 Å². The Labute approximate surface area is 135 Å². The Hall–Kier alpha value is -1.86. The van der Waals surface area contributed by atoms with E-state index in [2.05, 4.69) is 0 Å². The van der Waals surface area contributed by atoms with Crippen molar-refractivity contribution < 1.29 is 22.7 Å². The average Bonchev–Trinajstić information content (AvgIpc) is 2.82. The molecule has 0 aliphatic carbocycles. The van der Waals surface area contributed by atoms with Crippen molar-refractivity contribution in [3.05, 3.63) is 35.6 Å². The fourth-order valence-corrected chi connectivity index (χ4v) is 3.62. The molecule has 1 aromatic carbocycles. The minimum absolute atomic E-state index is 0.174. The van der Waals surface area contributed by atoms with E-state index in [4.69, 9.17) is 9.52 Å². The van der Waals surface area contributed by atoms with Crippen LogP contribution >= 0.6 is 0 Å². The molecule has 0 amide bonds. The van der Waals surface area contributed by atoms with Gasteiger partial charge in [-0.2, -0.15) is 0 Å². The van der Waals surface area contributed by atoms with Gasteiger partial charge >= 0.3 is 5.97 Å². The summed E-state index contributed by atoms with van der Waals surface area (Å²) in [6.45, 7) is 2.85. The maximum absolute atomic E-state index is 11.7. The van der Waals surface area contributed by atoms with Gasteiger partial charge in [-0.1, -0.05) is 25.1 Å². The molecule has 6 nitrogen and oxygen atoms in total. The highest BCUT2D eigenvalue weighted by atomic mass is 32.2. The maximum atomic E-state index is 11.7. The summed E-state index contributed by atoms with van der Waals surface area (Å²) in [5.74, 6) is -1.42. The van der Waals surface area contributed by atoms with Crippen LogP contribution in [0, 0.1) is 0 Å². The number of hydrogen-bond donors (Lipinski definition) is 1. The number of benzene rings is 1. The normalized spacial score (nSPS) is 12.1. The number of carboxylic acids is 1. The molecule has 0 aliphatic heterocycles. The Kier molecular flexibility index (Phi) is 5.43. The highest BCUT2D eigenvalue weighted by molar-refractivity contribution is 7.92. The molecule has 0 atom stereocenters. The first-order chi connectivity index (χ1) is 10.8. The van der Waals surface area contributed by atoms with E-state index in [1.165, 1.54) is 0 Å². The number of aliphatic carboxylic acids is 1. The zero-order valence-electron chi connectivity index (χ0n) is 13.3. The van der Waals surface area contributed by atoms with Crippen LogP contribution in [-0.4, -0.2) is 49.5 Å². The minimum atomic E-state index is -3.58. The molecule has 1 aromatic heterocycles. The van der Waals surface area contributed by atoms with Crippen molar-refractivity contribution in [1.82, 2.24) is 4.90 Å². The van der Waals surface area contributed by atoms with Crippen molar-refractivity contribution in [3.8, 4) is 0 Å². The molecule has 0 fully saturated rings. The molecule has 0 bridgehead atoms. The quantitative estimate of drug-likeness (QED) is 0.790. The lowest BCUT2D eigenvalue weighted by molar-refractivity contribution is -0.134. The lowest BCUT2D eigenvalue weighted by Crippen LogP contribution is -2.28. The predicted molar refractivity (Wildman–Crippen MR) is 88.2 cm³/mol. The van der Waals surface area contributed by atoms with Crippen LogP contribution in [-0.2, 0) is 27.6 Å². The first-order valence-electron chi connectivity index (χ1n) is 7.42. The molecule has 2 aromatic rings. The van der Waals surface area contributed by atoms with Gasteiger partial charge in [-0.3, -0.25) is 4.79 Å². The summed E-state index contributed by atoms with van der Waals surface area (Å²) in [4.78, 5) is 12.4.